The highest BCUT2D eigenvalue weighted by Crippen LogP contribution is 2.31. The van der Waals surface area contributed by atoms with E-state index in [0.717, 1.165) is 15.9 Å². The van der Waals surface area contributed by atoms with Gasteiger partial charge in [0.15, 0.2) is 11.5 Å². The minimum atomic E-state index is -0.457. The van der Waals surface area contributed by atoms with Crippen LogP contribution < -0.4 is 0 Å². The average Bonchev–Trinajstić information content (AvgIpc) is 3.25. The summed E-state index contributed by atoms with van der Waals surface area (Å²) in [5.74, 6) is 0.616. The molecule has 4 aromatic heterocycles. The normalized spacial score (nSPS) is 12.9. The predicted octanol–water partition coefficient (Wildman–Crippen LogP) is 2.86. The van der Waals surface area contributed by atoms with Crippen molar-refractivity contribution in [3.63, 3.8) is 0 Å². The van der Waals surface area contributed by atoms with Crippen molar-refractivity contribution in [3.05, 3.63) is 45.1 Å². The summed E-state index contributed by atoms with van der Waals surface area (Å²) in [6, 6.07) is 0. The van der Waals surface area contributed by atoms with Crippen molar-refractivity contribution in [3.8, 4) is 0 Å². The van der Waals surface area contributed by atoms with Crippen LogP contribution in [0.4, 0.5) is 5.69 Å². The van der Waals surface area contributed by atoms with Gasteiger partial charge >= 0.3 is 5.69 Å². The summed E-state index contributed by atoms with van der Waals surface area (Å²) in [6.45, 7) is 6.57. The first-order valence-corrected chi connectivity index (χ1v) is 8.53. The Morgan fingerprint density at radius 2 is 2.20 bits per heavy atom. The quantitative estimate of drug-likeness (QED) is 0.411. The second-order valence-electron chi connectivity index (χ2n) is 6.02. The molecule has 4 aromatic rings. The molecule has 128 valence electrons. The van der Waals surface area contributed by atoms with E-state index < -0.39 is 4.92 Å². The molecular weight excluding hydrogens is 342 g/mol. The van der Waals surface area contributed by atoms with Crippen LogP contribution in [-0.2, 0) is 6.54 Å². The molecule has 0 aromatic carbocycles. The highest BCUT2D eigenvalue weighted by atomic mass is 32.1. The number of aromatic nitrogens is 6. The molecular formula is C15H15N7O2S. The van der Waals surface area contributed by atoms with Crippen LogP contribution in [0.15, 0.2) is 18.7 Å². The zero-order chi connectivity index (χ0) is 17.7. The fourth-order valence-corrected chi connectivity index (χ4v) is 3.77. The van der Waals surface area contributed by atoms with Crippen molar-refractivity contribution in [2.24, 2.45) is 0 Å². The van der Waals surface area contributed by atoms with Crippen molar-refractivity contribution in [2.75, 3.05) is 0 Å². The third-order valence-corrected chi connectivity index (χ3v) is 5.37. The molecule has 0 radical (unpaired) electrons. The Morgan fingerprint density at radius 1 is 1.40 bits per heavy atom. The van der Waals surface area contributed by atoms with E-state index in [1.165, 1.54) is 22.8 Å². The van der Waals surface area contributed by atoms with Gasteiger partial charge in [0, 0.05) is 10.8 Å². The van der Waals surface area contributed by atoms with Crippen LogP contribution in [0.2, 0.25) is 0 Å². The van der Waals surface area contributed by atoms with Gasteiger partial charge in [-0.2, -0.15) is 5.10 Å². The van der Waals surface area contributed by atoms with Gasteiger partial charge in [-0.25, -0.2) is 14.5 Å². The molecule has 4 rings (SSSR count). The van der Waals surface area contributed by atoms with Crippen LogP contribution >= 0.6 is 11.3 Å². The van der Waals surface area contributed by atoms with E-state index in [1.54, 1.807) is 26.9 Å². The first-order chi connectivity index (χ1) is 11.9. The number of thiophene rings is 1. The largest absolute Gasteiger partial charge is 0.306 e. The Morgan fingerprint density at radius 3 is 2.92 bits per heavy atom. The van der Waals surface area contributed by atoms with Gasteiger partial charge in [-0.1, -0.05) is 6.92 Å². The van der Waals surface area contributed by atoms with Crippen LogP contribution in [0, 0.1) is 24.0 Å². The standard InChI is InChI=1S/C15H15N7O2S/c1-8(5-20-6-11(4-17-20)22(23)24)13-18-14-12-9(2)10(3)25-15(12)16-7-21(14)19-13/h4,6-8H,5H2,1-3H3/t8-/m0/s1. The van der Waals surface area contributed by atoms with Gasteiger partial charge in [-0.15, -0.1) is 16.4 Å². The van der Waals surface area contributed by atoms with Gasteiger partial charge in [0.1, 0.15) is 23.6 Å². The van der Waals surface area contributed by atoms with E-state index in [-0.39, 0.29) is 11.6 Å². The van der Waals surface area contributed by atoms with Crippen molar-refractivity contribution < 1.29 is 4.92 Å². The number of fused-ring (bicyclic) bond motifs is 3. The van der Waals surface area contributed by atoms with Crippen molar-refractivity contribution in [2.45, 2.75) is 33.2 Å². The molecule has 0 saturated carbocycles. The molecule has 0 aliphatic carbocycles. The predicted molar refractivity (Wildman–Crippen MR) is 92.9 cm³/mol. The van der Waals surface area contributed by atoms with Crippen molar-refractivity contribution in [1.29, 1.82) is 0 Å². The minimum Gasteiger partial charge on any atom is -0.265 e. The molecule has 0 saturated heterocycles. The molecule has 0 spiro atoms. The zero-order valence-electron chi connectivity index (χ0n) is 13.9. The summed E-state index contributed by atoms with van der Waals surface area (Å²) in [5.41, 5.74) is 1.94. The zero-order valence-corrected chi connectivity index (χ0v) is 14.7. The number of rotatable bonds is 4. The number of hydrogen-bond donors (Lipinski definition) is 0. The van der Waals surface area contributed by atoms with Crippen molar-refractivity contribution >= 4 is 32.9 Å². The Labute approximate surface area is 146 Å². The average molecular weight is 357 g/mol. The molecule has 9 nitrogen and oxygen atoms in total. The lowest BCUT2D eigenvalue weighted by molar-refractivity contribution is -0.385. The Kier molecular flexibility index (Phi) is 3.49. The third-order valence-electron chi connectivity index (χ3n) is 4.25. The van der Waals surface area contributed by atoms with Crippen LogP contribution in [-0.4, -0.2) is 34.3 Å². The van der Waals surface area contributed by atoms with Gasteiger partial charge < -0.3 is 0 Å². The van der Waals surface area contributed by atoms with E-state index >= 15 is 0 Å². The summed E-state index contributed by atoms with van der Waals surface area (Å²) in [6.07, 6.45) is 4.34. The first-order valence-electron chi connectivity index (χ1n) is 7.72. The molecule has 0 aliphatic rings. The molecule has 0 fully saturated rings. The molecule has 0 aliphatic heterocycles. The summed E-state index contributed by atoms with van der Waals surface area (Å²) < 4.78 is 3.24. The van der Waals surface area contributed by atoms with Crippen LogP contribution in [0.5, 0.6) is 0 Å². The van der Waals surface area contributed by atoms with Crippen LogP contribution in [0.1, 0.15) is 29.1 Å². The molecule has 0 unspecified atom stereocenters. The lowest BCUT2D eigenvalue weighted by Gasteiger charge is -2.06. The number of aryl methyl sites for hydroxylation is 2. The van der Waals surface area contributed by atoms with E-state index in [2.05, 4.69) is 29.0 Å². The number of hydrogen-bond acceptors (Lipinski definition) is 7. The fourth-order valence-electron chi connectivity index (χ4n) is 2.78. The van der Waals surface area contributed by atoms with E-state index in [0.29, 0.717) is 12.4 Å². The Balaban J connectivity index is 1.70. The van der Waals surface area contributed by atoms with Gasteiger partial charge in [0.05, 0.1) is 16.9 Å². The van der Waals surface area contributed by atoms with Crippen molar-refractivity contribution in [1.82, 2.24) is 29.4 Å². The summed E-state index contributed by atoms with van der Waals surface area (Å²) in [4.78, 5) is 21.6. The smallest absolute Gasteiger partial charge is 0.265 e. The van der Waals surface area contributed by atoms with E-state index in [4.69, 9.17) is 4.98 Å². The molecule has 4 heterocycles. The summed E-state index contributed by atoms with van der Waals surface area (Å²) >= 11 is 1.65. The number of nitrogens with zero attached hydrogens (tertiary/aromatic N) is 7. The molecule has 0 N–H and O–H groups in total. The molecule has 0 bridgehead atoms. The maximum Gasteiger partial charge on any atom is 0.306 e. The third kappa shape index (κ3) is 2.54. The molecule has 0 amide bonds. The fraction of sp³-hybridized carbons (Fsp3) is 0.333. The molecule has 10 heteroatoms. The molecule has 1 atom stereocenters. The minimum absolute atomic E-state index is 0.0227. The number of nitro groups is 1. The Hall–Kier alpha value is -2.88. The van der Waals surface area contributed by atoms with Gasteiger partial charge in [-0.05, 0) is 19.4 Å². The second kappa shape index (κ2) is 5.59. The van der Waals surface area contributed by atoms with Gasteiger partial charge in [-0.3, -0.25) is 14.8 Å². The highest BCUT2D eigenvalue weighted by molar-refractivity contribution is 7.18. The lowest BCUT2D eigenvalue weighted by atomic mass is 10.2. The first kappa shape index (κ1) is 15.6. The SMILES string of the molecule is Cc1sc2ncn3nc([C@@H](C)Cn4cc([N+](=O)[O-])cn4)nc3c2c1C. The van der Waals surface area contributed by atoms with Crippen LogP contribution in [0.3, 0.4) is 0 Å². The maximum atomic E-state index is 10.8. The van der Waals surface area contributed by atoms with Gasteiger partial charge in [0.25, 0.3) is 0 Å². The Bertz CT molecular complexity index is 1110. The summed E-state index contributed by atoms with van der Waals surface area (Å²) in [7, 11) is 0. The monoisotopic (exact) mass is 357 g/mol. The maximum absolute atomic E-state index is 10.8. The summed E-state index contributed by atoms with van der Waals surface area (Å²) in [5, 5.41) is 20.3. The van der Waals surface area contributed by atoms with Crippen LogP contribution in [0.25, 0.3) is 15.9 Å². The highest BCUT2D eigenvalue weighted by Gasteiger charge is 2.18. The molecule has 25 heavy (non-hydrogen) atoms. The van der Waals surface area contributed by atoms with E-state index in [1.807, 2.05) is 6.92 Å². The topological polar surface area (TPSA) is 104 Å². The van der Waals surface area contributed by atoms with E-state index in [9.17, 15) is 10.1 Å². The second-order valence-corrected chi connectivity index (χ2v) is 7.23. The lowest BCUT2D eigenvalue weighted by Crippen LogP contribution is -2.08. The van der Waals surface area contributed by atoms with Gasteiger partial charge in [0.2, 0.25) is 0 Å².